The van der Waals surface area contributed by atoms with E-state index in [-0.39, 0.29) is 41.7 Å². The van der Waals surface area contributed by atoms with E-state index in [9.17, 15) is 18.0 Å². The molecule has 1 amide bonds. The summed E-state index contributed by atoms with van der Waals surface area (Å²) in [5, 5.41) is 2.83. The number of rotatable bonds is 4. The molecular formula is C18H24N4O4S. The van der Waals surface area contributed by atoms with Crippen molar-refractivity contribution in [2.24, 2.45) is 0 Å². The Morgan fingerprint density at radius 3 is 2.63 bits per heavy atom. The molecule has 1 atom stereocenters. The number of para-hydroxylation sites is 2. The predicted octanol–water partition coefficient (Wildman–Crippen LogP) is 0.270. The molecule has 146 valence electrons. The van der Waals surface area contributed by atoms with E-state index in [0.717, 1.165) is 37.0 Å². The second-order valence-electron chi connectivity index (χ2n) is 7.49. The predicted molar refractivity (Wildman–Crippen MR) is 102 cm³/mol. The minimum atomic E-state index is -2.99. The molecule has 0 spiro atoms. The van der Waals surface area contributed by atoms with Gasteiger partial charge in [-0.15, -0.1) is 0 Å². The van der Waals surface area contributed by atoms with E-state index >= 15 is 0 Å². The number of likely N-dealkylation sites (tertiary alicyclic amines) is 1. The fourth-order valence-corrected chi connectivity index (χ4v) is 5.83. The molecule has 1 aromatic heterocycles. The first kappa shape index (κ1) is 18.2. The molecule has 0 unspecified atom stereocenters. The van der Waals surface area contributed by atoms with Gasteiger partial charge in [0.15, 0.2) is 9.84 Å². The number of imidazole rings is 1. The highest BCUT2D eigenvalue weighted by atomic mass is 32.2. The van der Waals surface area contributed by atoms with Crippen LogP contribution in [0.25, 0.3) is 11.0 Å². The Bertz CT molecular complexity index is 1000. The van der Waals surface area contributed by atoms with Crippen LogP contribution < -0.4 is 11.0 Å². The van der Waals surface area contributed by atoms with Gasteiger partial charge >= 0.3 is 5.69 Å². The maximum Gasteiger partial charge on any atom is 0.326 e. The largest absolute Gasteiger partial charge is 0.351 e. The topological polar surface area (TPSA) is 104 Å². The van der Waals surface area contributed by atoms with Crippen molar-refractivity contribution in [1.29, 1.82) is 0 Å². The first-order chi connectivity index (χ1) is 12.9. The minimum absolute atomic E-state index is 0.0459. The molecule has 2 fully saturated rings. The fraction of sp³-hybridized carbons (Fsp3) is 0.556. The number of nitrogens with one attached hydrogen (secondary N) is 2. The maximum atomic E-state index is 12.3. The molecule has 4 rings (SSSR count). The van der Waals surface area contributed by atoms with Crippen molar-refractivity contribution in [3.8, 4) is 0 Å². The van der Waals surface area contributed by atoms with Crippen molar-refractivity contribution >= 4 is 26.8 Å². The summed E-state index contributed by atoms with van der Waals surface area (Å²) in [5.41, 5.74) is 1.67. The Labute approximate surface area is 157 Å². The van der Waals surface area contributed by atoms with Gasteiger partial charge in [-0.2, -0.15) is 0 Å². The van der Waals surface area contributed by atoms with Crippen LogP contribution >= 0.6 is 0 Å². The normalized spacial score (nSPS) is 23.6. The standard InChI is InChI=1S/C18H24N4O4S/c23-17(19-13-7-10-27(25,26)12-13)11-21-8-5-14(6-9-21)22-16-4-2-1-3-15(16)20-18(22)24/h1-4,13-14H,5-12H2,(H,19,23)(H,20,24)/t13-/m0/s1. The lowest BCUT2D eigenvalue weighted by Gasteiger charge is -2.32. The number of amides is 1. The summed E-state index contributed by atoms with van der Waals surface area (Å²) in [6.07, 6.45) is 2.10. The molecular weight excluding hydrogens is 368 g/mol. The molecule has 2 aliphatic heterocycles. The van der Waals surface area contributed by atoms with Crippen molar-refractivity contribution in [2.75, 3.05) is 31.1 Å². The highest BCUT2D eigenvalue weighted by molar-refractivity contribution is 7.91. The highest BCUT2D eigenvalue weighted by Gasteiger charge is 2.30. The van der Waals surface area contributed by atoms with Crippen LogP contribution in [0.1, 0.15) is 25.3 Å². The zero-order valence-electron chi connectivity index (χ0n) is 15.1. The molecule has 2 saturated heterocycles. The minimum Gasteiger partial charge on any atom is -0.351 e. The van der Waals surface area contributed by atoms with Gasteiger partial charge in [0, 0.05) is 25.2 Å². The Morgan fingerprint density at radius 2 is 1.93 bits per heavy atom. The van der Waals surface area contributed by atoms with Crippen LogP contribution in [-0.2, 0) is 14.6 Å². The van der Waals surface area contributed by atoms with Crippen molar-refractivity contribution in [2.45, 2.75) is 31.3 Å². The van der Waals surface area contributed by atoms with Gasteiger partial charge < -0.3 is 10.3 Å². The Hall–Kier alpha value is -2.13. The third-order valence-electron chi connectivity index (χ3n) is 5.51. The van der Waals surface area contributed by atoms with Crippen molar-refractivity contribution < 1.29 is 13.2 Å². The summed E-state index contributed by atoms with van der Waals surface area (Å²) in [6, 6.07) is 7.53. The van der Waals surface area contributed by atoms with Gasteiger partial charge in [0.2, 0.25) is 5.91 Å². The van der Waals surface area contributed by atoms with Gasteiger partial charge in [0.25, 0.3) is 0 Å². The summed E-state index contributed by atoms with van der Waals surface area (Å²) < 4.78 is 24.8. The molecule has 1 aromatic carbocycles. The average molecular weight is 392 g/mol. The van der Waals surface area contributed by atoms with E-state index in [1.807, 2.05) is 28.8 Å². The quantitative estimate of drug-likeness (QED) is 0.777. The lowest BCUT2D eigenvalue weighted by Crippen LogP contribution is -2.45. The second-order valence-corrected chi connectivity index (χ2v) is 9.72. The molecule has 0 saturated carbocycles. The number of benzene rings is 1. The number of nitrogens with zero attached hydrogens (tertiary/aromatic N) is 2. The smallest absolute Gasteiger partial charge is 0.326 e. The zero-order chi connectivity index (χ0) is 19.0. The molecule has 2 aromatic rings. The van der Waals surface area contributed by atoms with Gasteiger partial charge in [-0.05, 0) is 31.4 Å². The number of piperidine rings is 1. The molecule has 0 radical (unpaired) electrons. The number of aromatic nitrogens is 2. The third kappa shape index (κ3) is 3.93. The third-order valence-corrected chi connectivity index (χ3v) is 7.28. The number of hydrogen-bond donors (Lipinski definition) is 2. The molecule has 3 heterocycles. The number of carbonyl (C=O) groups excluding carboxylic acids is 1. The molecule has 2 aliphatic rings. The van der Waals surface area contributed by atoms with E-state index in [4.69, 9.17) is 0 Å². The van der Waals surface area contributed by atoms with Gasteiger partial charge in [-0.3, -0.25) is 14.3 Å². The molecule has 8 nitrogen and oxygen atoms in total. The van der Waals surface area contributed by atoms with Gasteiger partial charge in [0.1, 0.15) is 0 Å². The molecule has 9 heteroatoms. The van der Waals surface area contributed by atoms with Crippen LogP contribution in [0.4, 0.5) is 0 Å². The average Bonchev–Trinajstić information content (AvgIpc) is 3.13. The summed E-state index contributed by atoms with van der Waals surface area (Å²) >= 11 is 0. The van der Waals surface area contributed by atoms with Crippen molar-refractivity contribution in [3.05, 3.63) is 34.7 Å². The van der Waals surface area contributed by atoms with Crippen LogP contribution in [0, 0.1) is 0 Å². The summed E-state index contributed by atoms with van der Waals surface area (Å²) in [6.45, 7) is 1.73. The van der Waals surface area contributed by atoms with E-state index < -0.39 is 9.84 Å². The number of fused-ring (bicyclic) bond motifs is 1. The van der Waals surface area contributed by atoms with Crippen LogP contribution in [-0.4, -0.2) is 66.0 Å². The summed E-state index contributed by atoms with van der Waals surface area (Å²) in [4.78, 5) is 29.5. The SMILES string of the molecule is O=C(CN1CCC(n2c(=O)[nH]c3ccccc32)CC1)N[C@H]1CCS(=O)(=O)C1. The summed E-state index contributed by atoms with van der Waals surface area (Å²) in [7, 11) is -2.99. The van der Waals surface area contributed by atoms with Crippen molar-refractivity contribution in [1.82, 2.24) is 19.8 Å². The molecule has 2 N–H and O–H groups in total. The number of H-pyrrole nitrogens is 1. The second kappa shape index (κ2) is 7.12. The lowest BCUT2D eigenvalue weighted by molar-refractivity contribution is -0.123. The lowest BCUT2D eigenvalue weighted by atomic mass is 10.0. The van der Waals surface area contributed by atoms with E-state index in [2.05, 4.69) is 15.2 Å². The first-order valence-corrected chi connectivity index (χ1v) is 11.1. The van der Waals surface area contributed by atoms with Crippen LogP contribution in [0.15, 0.2) is 29.1 Å². The molecule has 0 bridgehead atoms. The monoisotopic (exact) mass is 392 g/mol. The Balaban J connectivity index is 1.33. The van der Waals surface area contributed by atoms with E-state index in [0.29, 0.717) is 6.42 Å². The van der Waals surface area contributed by atoms with E-state index in [1.165, 1.54) is 0 Å². The number of aromatic amines is 1. The van der Waals surface area contributed by atoms with Gasteiger partial charge in [-0.1, -0.05) is 12.1 Å². The summed E-state index contributed by atoms with van der Waals surface area (Å²) in [5.74, 6) is 0.0762. The maximum absolute atomic E-state index is 12.3. The van der Waals surface area contributed by atoms with Gasteiger partial charge in [0.05, 0.1) is 29.1 Å². The zero-order valence-corrected chi connectivity index (χ0v) is 15.9. The Morgan fingerprint density at radius 1 is 1.19 bits per heavy atom. The number of hydrogen-bond acceptors (Lipinski definition) is 5. The van der Waals surface area contributed by atoms with Crippen LogP contribution in [0.2, 0.25) is 0 Å². The van der Waals surface area contributed by atoms with Crippen molar-refractivity contribution in [3.63, 3.8) is 0 Å². The Kier molecular flexibility index (Phi) is 4.81. The van der Waals surface area contributed by atoms with Crippen LogP contribution in [0.3, 0.4) is 0 Å². The fourth-order valence-electron chi connectivity index (χ4n) is 4.16. The number of carbonyl (C=O) groups is 1. The number of sulfone groups is 1. The van der Waals surface area contributed by atoms with E-state index in [1.54, 1.807) is 0 Å². The highest BCUT2D eigenvalue weighted by Crippen LogP contribution is 2.24. The van der Waals surface area contributed by atoms with Crippen LogP contribution in [0.5, 0.6) is 0 Å². The molecule has 0 aliphatic carbocycles. The molecule has 27 heavy (non-hydrogen) atoms. The van der Waals surface area contributed by atoms with Gasteiger partial charge in [-0.25, -0.2) is 13.2 Å². The first-order valence-electron chi connectivity index (χ1n) is 9.33.